The highest BCUT2D eigenvalue weighted by Crippen LogP contribution is 2.30. The van der Waals surface area contributed by atoms with Crippen molar-refractivity contribution in [3.63, 3.8) is 0 Å². The van der Waals surface area contributed by atoms with Crippen molar-refractivity contribution < 1.29 is 13.5 Å². The van der Waals surface area contributed by atoms with Crippen molar-refractivity contribution in [2.24, 2.45) is 11.1 Å². The maximum absolute atomic E-state index is 14.6. The van der Waals surface area contributed by atoms with Crippen LogP contribution in [0.1, 0.15) is 31.0 Å². The van der Waals surface area contributed by atoms with Gasteiger partial charge in [-0.1, -0.05) is 18.2 Å². The van der Waals surface area contributed by atoms with Gasteiger partial charge in [-0.05, 0) is 54.5 Å². The minimum Gasteiger partial charge on any atom is -0.487 e. The molecule has 0 amide bonds. The predicted molar refractivity (Wildman–Crippen MR) is 121 cm³/mol. The molecule has 7 nitrogen and oxygen atoms in total. The van der Waals surface area contributed by atoms with Crippen molar-refractivity contribution in [2.45, 2.75) is 32.7 Å². The smallest absolute Gasteiger partial charge is 0.225 e. The van der Waals surface area contributed by atoms with E-state index < -0.39 is 11.6 Å². The summed E-state index contributed by atoms with van der Waals surface area (Å²) in [5.74, 6) is -0.979. The van der Waals surface area contributed by atoms with E-state index in [0.717, 1.165) is 37.9 Å². The summed E-state index contributed by atoms with van der Waals surface area (Å²) >= 11 is 0. The van der Waals surface area contributed by atoms with Gasteiger partial charge in [-0.3, -0.25) is 4.98 Å². The highest BCUT2D eigenvalue weighted by molar-refractivity contribution is 5.64. The van der Waals surface area contributed by atoms with Crippen LogP contribution in [0.3, 0.4) is 0 Å². The predicted octanol–water partition coefficient (Wildman–Crippen LogP) is 4.94. The lowest BCUT2D eigenvalue weighted by molar-refractivity contribution is 0.207. The number of nitroso groups, excluding NO2 is 1. The Labute approximate surface area is 190 Å². The molecule has 9 heteroatoms. The molecule has 3 aromatic rings. The summed E-state index contributed by atoms with van der Waals surface area (Å²) in [4.78, 5) is 25.4. The molecule has 1 fully saturated rings. The lowest BCUT2D eigenvalue weighted by Gasteiger charge is -2.31. The van der Waals surface area contributed by atoms with Gasteiger partial charge in [0.1, 0.15) is 6.54 Å². The standard InChI is InChI=1S/C24H25F2N5O2/c1-2-16-11-28-24(29-12-16)31-7-5-17(6-8-31)15-33-23-21(25)9-19(10-22(23)26)18-3-4-20(14-30-32)27-13-18/h3-4,9-13,17H,2,5-8,14-15H2,1H3. The third-order valence-electron chi connectivity index (χ3n) is 5.84. The molecule has 1 saturated heterocycles. The lowest BCUT2D eigenvalue weighted by Crippen LogP contribution is -2.36. The number of piperidine rings is 1. The number of hydrogen-bond donors (Lipinski definition) is 0. The average Bonchev–Trinajstić information content (AvgIpc) is 2.84. The summed E-state index contributed by atoms with van der Waals surface area (Å²) < 4.78 is 34.8. The zero-order valence-corrected chi connectivity index (χ0v) is 18.4. The Morgan fingerprint density at radius 1 is 1.03 bits per heavy atom. The Morgan fingerprint density at radius 3 is 2.30 bits per heavy atom. The normalized spacial score (nSPS) is 14.3. The molecule has 1 aliphatic heterocycles. The van der Waals surface area contributed by atoms with Crippen LogP contribution in [-0.2, 0) is 13.0 Å². The Morgan fingerprint density at radius 2 is 1.73 bits per heavy atom. The van der Waals surface area contributed by atoms with Crippen LogP contribution in [0.5, 0.6) is 5.75 Å². The number of pyridine rings is 1. The fraction of sp³-hybridized carbons (Fsp3) is 0.375. The topological polar surface area (TPSA) is 80.6 Å². The molecule has 0 spiro atoms. The summed E-state index contributed by atoms with van der Waals surface area (Å²) in [5, 5.41) is 2.78. The SMILES string of the molecule is CCc1cnc(N2CCC(COc3c(F)cc(-c4ccc(CN=O)nc4)cc3F)CC2)nc1. The van der Waals surface area contributed by atoms with Gasteiger partial charge < -0.3 is 9.64 Å². The van der Waals surface area contributed by atoms with Crippen molar-refractivity contribution in [3.05, 3.63) is 70.7 Å². The molecule has 3 heterocycles. The molecule has 0 N–H and O–H groups in total. The van der Waals surface area contributed by atoms with Gasteiger partial charge in [-0.25, -0.2) is 18.7 Å². The highest BCUT2D eigenvalue weighted by atomic mass is 19.1. The third-order valence-corrected chi connectivity index (χ3v) is 5.84. The summed E-state index contributed by atoms with van der Waals surface area (Å²) in [6, 6.07) is 5.71. The van der Waals surface area contributed by atoms with E-state index in [1.165, 1.54) is 18.3 Å². The van der Waals surface area contributed by atoms with E-state index in [-0.39, 0.29) is 24.8 Å². The van der Waals surface area contributed by atoms with Gasteiger partial charge in [0.25, 0.3) is 0 Å². The molecular weight excluding hydrogens is 428 g/mol. The van der Waals surface area contributed by atoms with Crippen LogP contribution in [0.4, 0.5) is 14.7 Å². The minimum absolute atomic E-state index is 0.0487. The van der Waals surface area contributed by atoms with Crippen LogP contribution in [0.2, 0.25) is 0 Å². The van der Waals surface area contributed by atoms with Gasteiger partial charge in [-0.15, -0.1) is 0 Å². The number of aromatic nitrogens is 3. The van der Waals surface area contributed by atoms with E-state index in [4.69, 9.17) is 4.74 Å². The second kappa shape index (κ2) is 10.4. The largest absolute Gasteiger partial charge is 0.487 e. The maximum Gasteiger partial charge on any atom is 0.225 e. The van der Waals surface area contributed by atoms with E-state index >= 15 is 0 Å². The number of rotatable bonds is 8. The Balaban J connectivity index is 1.34. The summed E-state index contributed by atoms with van der Waals surface area (Å²) in [5.41, 5.74) is 2.47. The first-order valence-electron chi connectivity index (χ1n) is 11.0. The van der Waals surface area contributed by atoms with Crippen molar-refractivity contribution in [2.75, 3.05) is 24.6 Å². The van der Waals surface area contributed by atoms with E-state index in [1.807, 2.05) is 12.4 Å². The first-order chi connectivity index (χ1) is 16.1. The number of halogens is 2. The number of nitrogens with zero attached hydrogens (tertiary/aromatic N) is 5. The first kappa shape index (κ1) is 22.7. The van der Waals surface area contributed by atoms with Crippen LogP contribution in [0.15, 0.2) is 48.0 Å². The van der Waals surface area contributed by atoms with Gasteiger partial charge >= 0.3 is 0 Å². The molecule has 172 valence electrons. The fourth-order valence-electron chi connectivity index (χ4n) is 3.81. The number of anilines is 1. The maximum atomic E-state index is 14.6. The van der Waals surface area contributed by atoms with E-state index in [9.17, 15) is 13.7 Å². The van der Waals surface area contributed by atoms with Crippen LogP contribution in [-0.4, -0.2) is 34.6 Å². The Bertz CT molecular complexity index is 1060. The number of hydrogen-bond acceptors (Lipinski definition) is 7. The van der Waals surface area contributed by atoms with Gasteiger partial charge in [0.15, 0.2) is 17.4 Å². The lowest BCUT2D eigenvalue weighted by atomic mass is 9.98. The van der Waals surface area contributed by atoms with Crippen molar-refractivity contribution in [1.29, 1.82) is 0 Å². The van der Waals surface area contributed by atoms with Gasteiger partial charge in [0.05, 0.1) is 12.3 Å². The van der Waals surface area contributed by atoms with Crippen molar-refractivity contribution in [1.82, 2.24) is 15.0 Å². The molecule has 0 atom stereocenters. The first-order valence-corrected chi connectivity index (χ1v) is 11.0. The molecule has 33 heavy (non-hydrogen) atoms. The summed E-state index contributed by atoms with van der Waals surface area (Å²) in [6.07, 6.45) is 7.71. The van der Waals surface area contributed by atoms with Crippen molar-refractivity contribution in [3.8, 4) is 16.9 Å². The molecule has 2 aromatic heterocycles. The van der Waals surface area contributed by atoms with Gasteiger partial charge in [-0.2, -0.15) is 4.91 Å². The zero-order valence-electron chi connectivity index (χ0n) is 18.4. The molecule has 0 saturated carbocycles. The fourth-order valence-corrected chi connectivity index (χ4v) is 3.81. The number of aryl methyl sites for hydroxylation is 1. The highest BCUT2D eigenvalue weighted by Gasteiger charge is 2.23. The van der Waals surface area contributed by atoms with Crippen molar-refractivity contribution >= 4 is 5.95 Å². The average molecular weight is 453 g/mol. The van der Waals surface area contributed by atoms with E-state index in [0.29, 0.717) is 22.8 Å². The molecule has 0 radical (unpaired) electrons. The molecule has 0 unspecified atom stereocenters. The molecule has 0 aliphatic carbocycles. The quantitative estimate of drug-likeness (QED) is 0.450. The van der Waals surface area contributed by atoms with Gasteiger partial charge in [0.2, 0.25) is 5.95 Å². The van der Waals surface area contributed by atoms with Crippen LogP contribution >= 0.6 is 0 Å². The van der Waals surface area contributed by atoms with Gasteiger partial charge in [0, 0.05) is 37.2 Å². The molecular formula is C24H25F2N5O2. The number of ether oxygens (including phenoxy) is 1. The second-order valence-corrected chi connectivity index (χ2v) is 8.08. The van der Waals surface area contributed by atoms with Crippen LogP contribution in [0, 0.1) is 22.5 Å². The van der Waals surface area contributed by atoms with Crippen LogP contribution < -0.4 is 9.64 Å². The monoisotopic (exact) mass is 453 g/mol. The Kier molecular flexibility index (Phi) is 7.16. The minimum atomic E-state index is -0.759. The molecule has 1 aromatic carbocycles. The molecule has 4 rings (SSSR count). The summed E-state index contributed by atoms with van der Waals surface area (Å²) in [6.45, 7) is 3.79. The van der Waals surface area contributed by atoms with Crippen LogP contribution in [0.25, 0.3) is 11.1 Å². The van der Waals surface area contributed by atoms with E-state index in [1.54, 1.807) is 12.1 Å². The van der Waals surface area contributed by atoms with E-state index in [2.05, 4.69) is 32.0 Å². The Hall–Kier alpha value is -3.49. The molecule has 1 aliphatic rings. The zero-order chi connectivity index (χ0) is 23.2. The summed E-state index contributed by atoms with van der Waals surface area (Å²) in [7, 11) is 0. The number of benzene rings is 1. The third kappa shape index (κ3) is 5.47. The molecule has 0 bridgehead atoms. The second-order valence-electron chi connectivity index (χ2n) is 8.08.